The van der Waals surface area contributed by atoms with E-state index in [-0.39, 0.29) is 0 Å². The molecule has 0 saturated heterocycles. The first-order valence-corrected chi connectivity index (χ1v) is 3.54. The van der Waals surface area contributed by atoms with Gasteiger partial charge in [0.25, 0.3) is 0 Å². The van der Waals surface area contributed by atoms with Gasteiger partial charge in [-0.1, -0.05) is 0 Å². The van der Waals surface area contributed by atoms with E-state index in [0.717, 1.165) is 5.56 Å². The van der Waals surface area contributed by atoms with Gasteiger partial charge in [0.15, 0.2) is 0 Å². The van der Waals surface area contributed by atoms with E-state index in [2.05, 4.69) is 16.4 Å². The molecule has 0 spiro atoms. The average molecular weight is 162 g/mol. The number of nitrogens with zero attached hydrogens (tertiary/aromatic N) is 2. The van der Waals surface area contributed by atoms with Crippen molar-refractivity contribution in [3.05, 3.63) is 17.2 Å². The third-order valence-electron chi connectivity index (χ3n) is 1.59. The normalized spacial score (nSPS) is 9.08. The van der Waals surface area contributed by atoms with Crippen LogP contribution in [-0.4, -0.2) is 12.0 Å². The number of anilines is 2. The molecule has 0 amide bonds. The van der Waals surface area contributed by atoms with Crippen molar-refractivity contribution in [3.63, 3.8) is 0 Å². The number of rotatable bonds is 1. The fraction of sp³-hybridized carbons (Fsp3) is 0.250. The maximum absolute atomic E-state index is 8.75. The Morgan fingerprint density at radius 3 is 2.83 bits per heavy atom. The molecule has 0 aromatic carbocycles. The Balaban J connectivity index is 3.36. The first kappa shape index (κ1) is 8.34. The Kier molecular flexibility index (Phi) is 2.15. The smallest absolute Gasteiger partial charge is 0.146 e. The Labute approximate surface area is 71.0 Å². The molecule has 1 rings (SSSR count). The minimum Gasteiger partial charge on any atom is -0.384 e. The summed E-state index contributed by atoms with van der Waals surface area (Å²) in [5, 5.41) is 11.6. The van der Waals surface area contributed by atoms with E-state index in [0.29, 0.717) is 17.2 Å². The van der Waals surface area contributed by atoms with Crippen molar-refractivity contribution in [1.82, 2.24) is 4.98 Å². The van der Waals surface area contributed by atoms with Crippen LogP contribution in [0.4, 0.5) is 11.6 Å². The maximum atomic E-state index is 8.75. The highest BCUT2D eigenvalue weighted by Crippen LogP contribution is 2.17. The van der Waals surface area contributed by atoms with E-state index in [1.165, 1.54) is 0 Å². The average Bonchev–Trinajstić information content (AvgIpc) is 2.03. The summed E-state index contributed by atoms with van der Waals surface area (Å²) in [6.45, 7) is 1.83. The zero-order chi connectivity index (χ0) is 9.14. The molecule has 12 heavy (non-hydrogen) atoms. The largest absolute Gasteiger partial charge is 0.384 e. The molecule has 0 unspecified atom stereocenters. The lowest BCUT2D eigenvalue weighted by atomic mass is 10.1. The summed E-state index contributed by atoms with van der Waals surface area (Å²) in [4.78, 5) is 3.97. The molecular weight excluding hydrogens is 152 g/mol. The lowest BCUT2D eigenvalue weighted by Crippen LogP contribution is -2.01. The van der Waals surface area contributed by atoms with Crippen LogP contribution in [0.2, 0.25) is 0 Å². The van der Waals surface area contributed by atoms with Gasteiger partial charge in [0, 0.05) is 7.05 Å². The van der Waals surface area contributed by atoms with Gasteiger partial charge in [-0.3, -0.25) is 0 Å². The van der Waals surface area contributed by atoms with Gasteiger partial charge in [-0.15, -0.1) is 0 Å². The second-order valence-electron chi connectivity index (χ2n) is 2.45. The minimum atomic E-state index is 0.427. The van der Waals surface area contributed by atoms with Gasteiger partial charge in [0.05, 0.1) is 5.56 Å². The summed E-state index contributed by atoms with van der Waals surface area (Å²) in [6, 6.07) is 3.74. The molecule has 3 N–H and O–H groups in total. The fourth-order valence-corrected chi connectivity index (χ4v) is 1.02. The number of pyridine rings is 1. The molecule has 0 fully saturated rings. The third-order valence-corrected chi connectivity index (χ3v) is 1.59. The van der Waals surface area contributed by atoms with Crippen LogP contribution in [0.15, 0.2) is 6.07 Å². The predicted molar refractivity (Wildman–Crippen MR) is 47.6 cm³/mol. The lowest BCUT2D eigenvalue weighted by Gasteiger charge is -2.05. The van der Waals surface area contributed by atoms with Crippen molar-refractivity contribution in [3.8, 4) is 6.07 Å². The van der Waals surface area contributed by atoms with Gasteiger partial charge in [0.1, 0.15) is 17.7 Å². The highest BCUT2D eigenvalue weighted by molar-refractivity contribution is 5.59. The van der Waals surface area contributed by atoms with Crippen molar-refractivity contribution < 1.29 is 0 Å². The maximum Gasteiger partial charge on any atom is 0.146 e. The van der Waals surface area contributed by atoms with Crippen molar-refractivity contribution >= 4 is 11.6 Å². The van der Waals surface area contributed by atoms with Gasteiger partial charge in [0.2, 0.25) is 0 Å². The van der Waals surface area contributed by atoms with E-state index in [1.54, 1.807) is 13.1 Å². The zero-order valence-corrected chi connectivity index (χ0v) is 7.05. The highest BCUT2D eigenvalue weighted by atomic mass is 15.0. The molecule has 0 aliphatic carbocycles. The van der Waals surface area contributed by atoms with Crippen molar-refractivity contribution in [1.29, 1.82) is 5.26 Å². The minimum absolute atomic E-state index is 0.427. The van der Waals surface area contributed by atoms with E-state index >= 15 is 0 Å². The van der Waals surface area contributed by atoms with Crippen molar-refractivity contribution in [2.45, 2.75) is 6.92 Å². The summed E-state index contributed by atoms with van der Waals surface area (Å²) < 4.78 is 0. The summed E-state index contributed by atoms with van der Waals surface area (Å²) in [5.74, 6) is 0.964. The van der Waals surface area contributed by atoms with E-state index < -0.39 is 0 Å². The molecule has 0 saturated carbocycles. The standard InChI is InChI=1S/C8H10N4/c1-5-3-7(10)12-8(11-2)6(5)4-9/h3H,1-2H3,(H3,10,11,12). The first-order valence-electron chi connectivity index (χ1n) is 3.54. The van der Waals surface area contributed by atoms with Crippen LogP contribution in [0.25, 0.3) is 0 Å². The molecule has 0 aliphatic heterocycles. The van der Waals surface area contributed by atoms with Crippen LogP contribution in [-0.2, 0) is 0 Å². The molecule has 62 valence electrons. The summed E-state index contributed by atoms with van der Waals surface area (Å²) >= 11 is 0. The predicted octanol–water partition coefficient (Wildman–Crippen LogP) is 0.886. The van der Waals surface area contributed by atoms with Crippen LogP contribution in [0, 0.1) is 18.3 Å². The van der Waals surface area contributed by atoms with E-state index in [9.17, 15) is 0 Å². The molecule has 0 aliphatic rings. The SMILES string of the molecule is CNc1nc(N)cc(C)c1C#N. The number of nitrogens with two attached hydrogens (primary N) is 1. The monoisotopic (exact) mass is 162 g/mol. The van der Waals surface area contributed by atoms with E-state index in [1.807, 2.05) is 6.92 Å². The molecule has 0 atom stereocenters. The van der Waals surface area contributed by atoms with Gasteiger partial charge < -0.3 is 11.1 Å². The van der Waals surface area contributed by atoms with Gasteiger partial charge in [-0.2, -0.15) is 5.26 Å². The number of nitrogens with one attached hydrogen (secondary N) is 1. The molecular formula is C8H10N4. The lowest BCUT2D eigenvalue weighted by molar-refractivity contribution is 1.24. The summed E-state index contributed by atoms with van der Waals surface area (Å²) in [6.07, 6.45) is 0. The Morgan fingerprint density at radius 2 is 2.33 bits per heavy atom. The Hall–Kier alpha value is -1.76. The zero-order valence-electron chi connectivity index (χ0n) is 7.05. The topological polar surface area (TPSA) is 74.7 Å². The quantitative estimate of drug-likeness (QED) is 0.643. The molecule has 0 bridgehead atoms. The molecule has 1 heterocycles. The molecule has 1 aromatic rings. The molecule has 0 radical (unpaired) electrons. The fourth-order valence-electron chi connectivity index (χ4n) is 1.02. The number of nitriles is 1. The molecule has 4 heteroatoms. The van der Waals surface area contributed by atoms with Crippen LogP contribution in [0.1, 0.15) is 11.1 Å². The van der Waals surface area contributed by atoms with Gasteiger partial charge in [-0.05, 0) is 18.6 Å². The Bertz CT molecular complexity index is 338. The van der Waals surface area contributed by atoms with Crippen molar-refractivity contribution in [2.75, 3.05) is 18.1 Å². The first-order chi connectivity index (χ1) is 5.69. The second-order valence-corrected chi connectivity index (χ2v) is 2.45. The van der Waals surface area contributed by atoms with Crippen LogP contribution >= 0.6 is 0 Å². The molecule has 4 nitrogen and oxygen atoms in total. The van der Waals surface area contributed by atoms with E-state index in [4.69, 9.17) is 11.0 Å². The number of nitrogen functional groups attached to an aromatic ring is 1. The second kappa shape index (κ2) is 3.09. The van der Waals surface area contributed by atoms with Crippen molar-refractivity contribution in [2.24, 2.45) is 0 Å². The molecule has 1 aromatic heterocycles. The van der Waals surface area contributed by atoms with Gasteiger partial charge >= 0.3 is 0 Å². The van der Waals surface area contributed by atoms with Crippen LogP contribution in [0.5, 0.6) is 0 Å². The summed E-state index contributed by atoms with van der Waals surface area (Å²) in [7, 11) is 1.71. The number of aryl methyl sites for hydroxylation is 1. The van der Waals surface area contributed by atoms with Crippen LogP contribution in [0.3, 0.4) is 0 Å². The Morgan fingerprint density at radius 1 is 1.67 bits per heavy atom. The number of hydrogen-bond acceptors (Lipinski definition) is 4. The highest BCUT2D eigenvalue weighted by Gasteiger charge is 2.05. The number of aromatic nitrogens is 1. The van der Waals surface area contributed by atoms with Crippen LogP contribution < -0.4 is 11.1 Å². The summed E-state index contributed by atoms with van der Waals surface area (Å²) in [5.41, 5.74) is 6.89. The third kappa shape index (κ3) is 1.30. The number of hydrogen-bond donors (Lipinski definition) is 2. The van der Waals surface area contributed by atoms with Gasteiger partial charge in [-0.25, -0.2) is 4.98 Å².